The Kier molecular flexibility index (Phi) is 3.83. The van der Waals surface area contributed by atoms with Gasteiger partial charge in [-0.3, -0.25) is 19.9 Å². The van der Waals surface area contributed by atoms with Gasteiger partial charge < -0.3 is 0 Å². The van der Waals surface area contributed by atoms with Crippen LogP contribution in [0.5, 0.6) is 0 Å². The van der Waals surface area contributed by atoms with Crippen LogP contribution in [0.1, 0.15) is 31.2 Å². The van der Waals surface area contributed by atoms with E-state index in [9.17, 15) is 14.4 Å². The maximum absolute atomic E-state index is 12.4. The van der Waals surface area contributed by atoms with Gasteiger partial charge in [-0.05, 0) is 32.4 Å². The van der Waals surface area contributed by atoms with Crippen molar-refractivity contribution >= 4 is 23.5 Å². The van der Waals surface area contributed by atoms with Crippen molar-refractivity contribution < 1.29 is 14.4 Å². The Labute approximate surface area is 117 Å². The molecule has 6 heteroatoms. The minimum absolute atomic E-state index is 0.423. The molecule has 1 N–H and O–H groups in total. The maximum atomic E-state index is 12.4. The zero-order valence-electron chi connectivity index (χ0n) is 11.8. The first-order chi connectivity index (χ1) is 9.45. The third-order valence-electron chi connectivity index (χ3n) is 3.28. The molecular formula is C14H17N3O3. The van der Waals surface area contributed by atoms with Gasteiger partial charge in [-0.25, -0.2) is 9.69 Å². The van der Waals surface area contributed by atoms with Gasteiger partial charge in [0.1, 0.15) is 5.92 Å². The second kappa shape index (κ2) is 5.40. The second-order valence-electron chi connectivity index (χ2n) is 4.87. The number of hydrogen-bond donors (Lipinski definition) is 1. The number of urea groups is 1. The highest BCUT2D eigenvalue weighted by atomic mass is 16.2. The van der Waals surface area contributed by atoms with Gasteiger partial charge in [-0.1, -0.05) is 13.3 Å². The molecule has 106 valence electrons. The summed E-state index contributed by atoms with van der Waals surface area (Å²) < 4.78 is 0. The van der Waals surface area contributed by atoms with E-state index in [1.807, 2.05) is 13.8 Å². The minimum Gasteiger partial charge on any atom is -0.277 e. The molecule has 1 aliphatic heterocycles. The van der Waals surface area contributed by atoms with E-state index < -0.39 is 23.8 Å². The number of rotatable bonds is 3. The molecule has 0 radical (unpaired) electrons. The molecule has 4 amide bonds. The zero-order valence-corrected chi connectivity index (χ0v) is 11.8. The van der Waals surface area contributed by atoms with Crippen molar-refractivity contribution in [1.29, 1.82) is 0 Å². The van der Waals surface area contributed by atoms with Crippen LogP contribution in [-0.4, -0.2) is 22.8 Å². The number of hydrogen-bond acceptors (Lipinski definition) is 4. The molecule has 1 aromatic heterocycles. The van der Waals surface area contributed by atoms with Gasteiger partial charge in [0.05, 0.1) is 11.4 Å². The summed E-state index contributed by atoms with van der Waals surface area (Å²) in [4.78, 5) is 41.3. The first-order valence-electron chi connectivity index (χ1n) is 6.58. The summed E-state index contributed by atoms with van der Waals surface area (Å²) in [6.45, 7) is 5.45. The highest BCUT2D eigenvalue weighted by molar-refractivity contribution is 6.27. The molecule has 0 bridgehead atoms. The first kappa shape index (κ1) is 14.2. The average Bonchev–Trinajstić information content (AvgIpc) is 2.37. The van der Waals surface area contributed by atoms with E-state index in [0.29, 0.717) is 24.2 Å². The number of imide groups is 2. The molecule has 6 nitrogen and oxygen atoms in total. The van der Waals surface area contributed by atoms with Crippen LogP contribution in [0.3, 0.4) is 0 Å². The smallest absolute Gasteiger partial charge is 0.277 e. The molecule has 1 aliphatic rings. The number of carbonyl (C=O) groups is 3. The number of barbiturate groups is 1. The predicted octanol–water partition coefficient (Wildman–Crippen LogP) is 1.70. The Hall–Kier alpha value is -2.24. The van der Waals surface area contributed by atoms with Crippen molar-refractivity contribution in [3.63, 3.8) is 0 Å². The number of nitrogens with one attached hydrogen (secondary N) is 1. The van der Waals surface area contributed by atoms with Crippen LogP contribution in [0.25, 0.3) is 0 Å². The molecule has 0 aliphatic carbocycles. The predicted molar refractivity (Wildman–Crippen MR) is 73.1 cm³/mol. The highest BCUT2D eigenvalue weighted by Crippen LogP contribution is 2.25. The van der Waals surface area contributed by atoms with Crippen LogP contribution in [0.2, 0.25) is 0 Å². The lowest BCUT2D eigenvalue weighted by Gasteiger charge is -2.30. The Morgan fingerprint density at radius 1 is 1.25 bits per heavy atom. The second-order valence-corrected chi connectivity index (χ2v) is 4.87. The summed E-state index contributed by atoms with van der Waals surface area (Å²) in [5.41, 5.74) is 1.81. The fraction of sp³-hybridized carbons (Fsp3) is 0.429. The van der Waals surface area contributed by atoms with Crippen LogP contribution >= 0.6 is 0 Å². The molecule has 2 heterocycles. The van der Waals surface area contributed by atoms with E-state index in [4.69, 9.17) is 0 Å². The molecule has 1 unspecified atom stereocenters. The number of pyridine rings is 1. The van der Waals surface area contributed by atoms with Gasteiger partial charge >= 0.3 is 6.03 Å². The lowest BCUT2D eigenvalue weighted by Crippen LogP contribution is -2.58. The third kappa shape index (κ3) is 2.41. The standard InChI is InChI=1S/C14H17N3O3/c1-4-5-10-12(18)16-14(20)17(13(10)19)11-7-6-8(2)15-9(11)3/h6-7,10H,4-5H2,1-3H3,(H,16,18,20). The molecule has 0 aromatic carbocycles. The van der Waals surface area contributed by atoms with Crippen molar-refractivity contribution in [3.8, 4) is 0 Å². The van der Waals surface area contributed by atoms with Crippen LogP contribution in [0.4, 0.5) is 10.5 Å². The Bertz CT molecular complexity index is 583. The topological polar surface area (TPSA) is 79.4 Å². The molecule has 1 fully saturated rings. The van der Waals surface area contributed by atoms with Crippen LogP contribution in [0.15, 0.2) is 12.1 Å². The number of anilines is 1. The van der Waals surface area contributed by atoms with E-state index in [-0.39, 0.29) is 0 Å². The molecule has 1 atom stereocenters. The summed E-state index contributed by atoms with van der Waals surface area (Å²) in [5, 5.41) is 2.23. The van der Waals surface area contributed by atoms with Crippen molar-refractivity contribution in [2.45, 2.75) is 33.6 Å². The van der Waals surface area contributed by atoms with Crippen molar-refractivity contribution in [3.05, 3.63) is 23.5 Å². The van der Waals surface area contributed by atoms with Gasteiger partial charge in [-0.15, -0.1) is 0 Å². The molecule has 1 saturated heterocycles. The van der Waals surface area contributed by atoms with Gasteiger partial charge in [0.15, 0.2) is 0 Å². The number of nitrogens with zero attached hydrogens (tertiary/aromatic N) is 2. The number of carbonyl (C=O) groups excluding carboxylic acids is 3. The van der Waals surface area contributed by atoms with Crippen LogP contribution < -0.4 is 10.2 Å². The largest absolute Gasteiger partial charge is 0.335 e. The fourth-order valence-electron chi connectivity index (χ4n) is 2.30. The normalized spacial score (nSPS) is 19.2. The first-order valence-corrected chi connectivity index (χ1v) is 6.58. The number of aryl methyl sites for hydroxylation is 2. The van der Waals surface area contributed by atoms with Gasteiger partial charge in [0.25, 0.3) is 0 Å². The Balaban J connectivity index is 2.41. The molecule has 0 saturated carbocycles. The van der Waals surface area contributed by atoms with Crippen molar-refractivity contribution in [1.82, 2.24) is 10.3 Å². The van der Waals surface area contributed by atoms with E-state index in [1.165, 1.54) is 0 Å². The van der Waals surface area contributed by atoms with Crippen LogP contribution in [-0.2, 0) is 9.59 Å². The summed E-state index contributed by atoms with van der Waals surface area (Å²) in [5.74, 6) is -1.80. The van der Waals surface area contributed by atoms with E-state index in [1.54, 1.807) is 19.1 Å². The molecule has 20 heavy (non-hydrogen) atoms. The summed E-state index contributed by atoms with van der Waals surface area (Å²) in [7, 11) is 0. The number of aromatic nitrogens is 1. The molecule has 2 rings (SSSR count). The van der Waals surface area contributed by atoms with Crippen LogP contribution in [0, 0.1) is 19.8 Å². The van der Waals surface area contributed by atoms with E-state index >= 15 is 0 Å². The van der Waals surface area contributed by atoms with Gasteiger partial charge in [-0.2, -0.15) is 0 Å². The summed E-state index contributed by atoms with van der Waals surface area (Å²) in [6, 6.07) is 2.70. The summed E-state index contributed by atoms with van der Waals surface area (Å²) >= 11 is 0. The Morgan fingerprint density at radius 2 is 1.95 bits per heavy atom. The third-order valence-corrected chi connectivity index (χ3v) is 3.28. The van der Waals surface area contributed by atoms with E-state index in [0.717, 1.165) is 10.6 Å². The van der Waals surface area contributed by atoms with Crippen molar-refractivity contribution in [2.75, 3.05) is 4.90 Å². The Morgan fingerprint density at radius 3 is 2.55 bits per heavy atom. The highest BCUT2D eigenvalue weighted by Gasteiger charge is 2.41. The van der Waals surface area contributed by atoms with Gasteiger partial charge in [0, 0.05) is 5.69 Å². The number of amides is 4. The average molecular weight is 275 g/mol. The SMILES string of the molecule is CCCC1C(=O)NC(=O)N(c2ccc(C)nc2C)C1=O. The molecule has 0 spiro atoms. The lowest BCUT2D eigenvalue weighted by molar-refractivity contribution is -0.134. The zero-order chi connectivity index (χ0) is 14.9. The molecular weight excluding hydrogens is 258 g/mol. The minimum atomic E-state index is -0.807. The monoisotopic (exact) mass is 275 g/mol. The van der Waals surface area contributed by atoms with E-state index in [2.05, 4.69) is 10.3 Å². The molecule has 1 aromatic rings. The maximum Gasteiger partial charge on any atom is 0.335 e. The van der Waals surface area contributed by atoms with Gasteiger partial charge in [0.2, 0.25) is 11.8 Å². The fourth-order valence-corrected chi connectivity index (χ4v) is 2.30. The quantitative estimate of drug-likeness (QED) is 0.851. The van der Waals surface area contributed by atoms with Crippen molar-refractivity contribution in [2.24, 2.45) is 5.92 Å². The summed E-state index contributed by atoms with van der Waals surface area (Å²) in [6.07, 6.45) is 1.11. The lowest BCUT2D eigenvalue weighted by atomic mass is 9.98.